The van der Waals surface area contributed by atoms with Crippen LogP contribution in [0.3, 0.4) is 0 Å². The van der Waals surface area contributed by atoms with Crippen molar-refractivity contribution in [1.82, 2.24) is 4.98 Å². The maximum Gasteiger partial charge on any atom is 0.214 e. The molecule has 3 nitrogen and oxygen atoms in total. The van der Waals surface area contributed by atoms with Gasteiger partial charge in [-0.1, -0.05) is 36.4 Å². The van der Waals surface area contributed by atoms with E-state index in [1.807, 2.05) is 31.2 Å². The van der Waals surface area contributed by atoms with E-state index < -0.39 is 0 Å². The van der Waals surface area contributed by atoms with Gasteiger partial charge in [-0.15, -0.1) is 0 Å². The third-order valence-corrected chi connectivity index (χ3v) is 2.53. The quantitative estimate of drug-likeness (QED) is 0.822. The van der Waals surface area contributed by atoms with Crippen molar-refractivity contribution in [3.05, 3.63) is 59.8 Å². The van der Waals surface area contributed by atoms with E-state index in [4.69, 9.17) is 10.00 Å². The van der Waals surface area contributed by atoms with E-state index >= 15 is 0 Å². The molecule has 2 rings (SSSR count). The van der Waals surface area contributed by atoms with E-state index in [-0.39, 0.29) is 6.10 Å². The highest BCUT2D eigenvalue weighted by Crippen LogP contribution is 2.12. The van der Waals surface area contributed by atoms with Gasteiger partial charge in [0.15, 0.2) is 0 Å². The number of hydrogen-bond donors (Lipinski definition) is 0. The minimum Gasteiger partial charge on any atom is -0.474 e. The summed E-state index contributed by atoms with van der Waals surface area (Å²) in [7, 11) is 0. The Hall–Kier alpha value is -2.34. The van der Waals surface area contributed by atoms with Gasteiger partial charge < -0.3 is 4.74 Å². The van der Waals surface area contributed by atoms with E-state index in [2.05, 4.69) is 17.1 Å². The normalized spacial score (nSPS) is 11.6. The van der Waals surface area contributed by atoms with Crippen LogP contribution in [0.5, 0.6) is 5.88 Å². The molecule has 1 atom stereocenters. The van der Waals surface area contributed by atoms with Crippen LogP contribution in [-0.2, 0) is 6.42 Å². The van der Waals surface area contributed by atoms with Crippen molar-refractivity contribution in [1.29, 1.82) is 5.26 Å². The minimum atomic E-state index is 0.0221. The summed E-state index contributed by atoms with van der Waals surface area (Å²) in [4.78, 5) is 4.09. The second kappa shape index (κ2) is 5.83. The first-order valence-corrected chi connectivity index (χ1v) is 5.85. The van der Waals surface area contributed by atoms with E-state index in [0.29, 0.717) is 11.6 Å². The highest BCUT2D eigenvalue weighted by molar-refractivity contribution is 5.25. The molecule has 1 aromatic heterocycles. The molecule has 0 amide bonds. The smallest absolute Gasteiger partial charge is 0.214 e. The maximum atomic E-state index is 8.76. The summed E-state index contributed by atoms with van der Waals surface area (Å²) in [5.41, 5.74) is 1.60. The van der Waals surface area contributed by atoms with Crippen LogP contribution < -0.4 is 4.74 Å². The van der Waals surface area contributed by atoms with Crippen molar-refractivity contribution in [2.45, 2.75) is 19.4 Å². The molecule has 0 aliphatic heterocycles. The zero-order valence-electron chi connectivity index (χ0n) is 10.2. The summed E-state index contributed by atoms with van der Waals surface area (Å²) >= 11 is 0. The zero-order chi connectivity index (χ0) is 12.8. The lowest BCUT2D eigenvalue weighted by atomic mass is 10.1. The molecule has 1 heterocycles. The van der Waals surface area contributed by atoms with E-state index in [1.165, 1.54) is 5.56 Å². The lowest BCUT2D eigenvalue weighted by Gasteiger charge is -2.13. The fourth-order valence-corrected chi connectivity index (χ4v) is 1.74. The number of nitrogens with zero attached hydrogens (tertiary/aromatic N) is 2. The highest BCUT2D eigenvalue weighted by Gasteiger charge is 2.06. The number of pyridine rings is 1. The van der Waals surface area contributed by atoms with Crippen LogP contribution in [0.15, 0.2) is 48.5 Å². The van der Waals surface area contributed by atoms with Gasteiger partial charge in [0.1, 0.15) is 17.9 Å². The van der Waals surface area contributed by atoms with E-state index in [1.54, 1.807) is 18.2 Å². The average molecular weight is 238 g/mol. The van der Waals surface area contributed by atoms with Gasteiger partial charge in [-0.3, -0.25) is 0 Å². The summed E-state index contributed by atoms with van der Waals surface area (Å²) in [6.07, 6.45) is 0.841. The second-order valence-electron chi connectivity index (χ2n) is 4.09. The molecule has 0 N–H and O–H groups in total. The molecular weight excluding hydrogens is 224 g/mol. The second-order valence-corrected chi connectivity index (χ2v) is 4.09. The Morgan fingerprint density at radius 1 is 1.17 bits per heavy atom. The van der Waals surface area contributed by atoms with Crippen molar-refractivity contribution in [3.8, 4) is 11.9 Å². The Morgan fingerprint density at radius 3 is 2.67 bits per heavy atom. The van der Waals surface area contributed by atoms with Gasteiger partial charge in [0.25, 0.3) is 0 Å². The van der Waals surface area contributed by atoms with Crippen molar-refractivity contribution < 1.29 is 4.74 Å². The third-order valence-electron chi connectivity index (χ3n) is 2.53. The molecule has 0 fully saturated rings. The van der Waals surface area contributed by atoms with Gasteiger partial charge in [0.2, 0.25) is 5.88 Å². The van der Waals surface area contributed by atoms with Crippen molar-refractivity contribution in [2.75, 3.05) is 0 Å². The molecular formula is C15H14N2O. The molecule has 0 saturated heterocycles. The van der Waals surface area contributed by atoms with Crippen LogP contribution in [0.25, 0.3) is 0 Å². The largest absolute Gasteiger partial charge is 0.474 e. The molecule has 0 aliphatic carbocycles. The highest BCUT2D eigenvalue weighted by atomic mass is 16.5. The predicted molar refractivity (Wildman–Crippen MR) is 69.2 cm³/mol. The van der Waals surface area contributed by atoms with Crippen LogP contribution in [-0.4, -0.2) is 11.1 Å². The van der Waals surface area contributed by atoms with Crippen LogP contribution in [0, 0.1) is 11.3 Å². The van der Waals surface area contributed by atoms with Crippen molar-refractivity contribution in [3.63, 3.8) is 0 Å². The van der Waals surface area contributed by atoms with Gasteiger partial charge in [0, 0.05) is 12.5 Å². The number of hydrogen-bond acceptors (Lipinski definition) is 3. The van der Waals surface area contributed by atoms with Crippen LogP contribution in [0.1, 0.15) is 18.2 Å². The number of rotatable bonds is 4. The first kappa shape index (κ1) is 12.1. The fraction of sp³-hybridized carbons (Fsp3) is 0.200. The molecule has 18 heavy (non-hydrogen) atoms. The Bertz CT molecular complexity index is 546. The molecule has 0 bridgehead atoms. The number of ether oxygens (including phenoxy) is 1. The Balaban J connectivity index is 1.99. The van der Waals surface area contributed by atoms with Crippen LogP contribution >= 0.6 is 0 Å². The lowest BCUT2D eigenvalue weighted by molar-refractivity contribution is 0.213. The first-order chi connectivity index (χ1) is 8.78. The first-order valence-electron chi connectivity index (χ1n) is 5.85. The molecule has 2 aromatic rings. The summed E-state index contributed by atoms with van der Waals surface area (Å²) in [6.45, 7) is 1.99. The zero-order valence-corrected chi connectivity index (χ0v) is 10.2. The van der Waals surface area contributed by atoms with Crippen molar-refractivity contribution >= 4 is 0 Å². The Morgan fingerprint density at radius 2 is 1.94 bits per heavy atom. The molecule has 1 aromatic carbocycles. The maximum absolute atomic E-state index is 8.76. The van der Waals surface area contributed by atoms with Gasteiger partial charge in [-0.2, -0.15) is 5.26 Å². The van der Waals surface area contributed by atoms with Gasteiger partial charge in [0.05, 0.1) is 0 Å². The number of benzene rings is 1. The molecule has 0 aliphatic rings. The predicted octanol–water partition coefficient (Wildman–Crippen LogP) is 2.96. The van der Waals surface area contributed by atoms with Gasteiger partial charge >= 0.3 is 0 Å². The SMILES string of the molecule is CC(Cc1ccccc1)Oc1cccc(C#N)n1. The molecule has 1 unspecified atom stereocenters. The summed E-state index contributed by atoms with van der Waals surface area (Å²) < 4.78 is 5.70. The molecule has 0 radical (unpaired) electrons. The standard InChI is InChI=1S/C15H14N2O/c1-12(10-13-6-3-2-4-7-13)18-15-9-5-8-14(11-16)17-15/h2-9,12H,10H2,1H3. The number of aromatic nitrogens is 1. The summed E-state index contributed by atoms with van der Waals surface area (Å²) in [5, 5.41) is 8.76. The fourth-order valence-electron chi connectivity index (χ4n) is 1.74. The molecule has 0 spiro atoms. The topological polar surface area (TPSA) is 45.9 Å². The van der Waals surface area contributed by atoms with E-state index in [9.17, 15) is 0 Å². The third kappa shape index (κ3) is 3.33. The number of nitriles is 1. The molecule has 90 valence electrons. The Labute approximate surface area is 107 Å². The minimum absolute atomic E-state index is 0.0221. The van der Waals surface area contributed by atoms with Crippen LogP contribution in [0.2, 0.25) is 0 Å². The molecule has 3 heteroatoms. The monoisotopic (exact) mass is 238 g/mol. The summed E-state index contributed by atoms with van der Waals surface area (Å²) in [5.74, 6) is 0.498. The summed E-state index contributed by atoms with van der Waals surface area (Å²) in [6, 6.07) is 17.4. The van der Waals surface area contributed by atoms with Crippen LogP contribution in [0.4, 0.5) is 0 Å². The van der Waals surface area contributed by atoms with E-state index in [0.717, 1.165) is 6.42 Å². The average Bonchev–Trinajstić information content (AvgIpc) is 2.40. The molecule has 0 saturated carbocycles. The Kier molecular flexibility index (Phi) is 3.93. The lowest BCUT2D eigenvalue weighted by Crippen LogP contribution is -2.15. The van der Waals surface area contributed by atoms with Crippen molar-refractivity contribution in [2.24, 2.45) is 0 Å². The van der Waals surface area contributed by atoms with Gasteiger partial charge in [-0.25, -0.2) is 4.98 Å². The van der Waals surface area contributed by atoms with Gasteiger partial charge in [-0.05, 0) is 18.6 Å².